The summed E-state index contributed by atoms with van der Waals surface area (Å²) in [5.41, 5.74) is 1.82. The zero-order valence-electron chi connectivity index (χ0n) is 8.38. The fourth-order valence-electron chi connectivity index (χ4n) is 1.16. The zero-order chi connectivity index (χ0) is 10.5. The van der Waals surface area contributed by atoms with Gasteiger partial charge in [-0.15, -0.1) is 0 Å². The first-order chi connectivity index (χ1) is 7.34. The first-order valence-electron chi connectivity index (χ1n) is 4.64. The molecule has 76 valence electrons. The third-order valence-electron chi connectivity index (χ3n) is 1.88. The van der Waals surface area contributed by atoms with Crippen LogP contribution in [0.15, 0.2) is 30.7 Å². The van der Waals surface area contributed by atoms with Gasteiger partial charge in [-0.3, -0.25) is 0 Å². The molecule has 0 radical (unpaired) electrons. The molecule has 0 aromatic carbocycles. The molecule has 1 N–H and O–H groups in total. The Morgan fingerprint density at radius 1 is 1.33 bits per heavy atom. The first kappa shape index (κ1) is 9.51. The molecule has 2 heterocycles. The molecule has 5 heteroatoms. The highest BCUT2D eigenvalue weighted by molar-refractivity contribution is 5.34. The van der Waals surface area contributed by atoms with Crippen molar-refractivity contribution in [2.24, 2.45) is 0 Å². The van der Waals surface area contributed by atoms with E-state index in [0.717, 1.165) is 17.2 Å². The number of nitrogens with zero attached hydrogens (tertiary/aromatic N) is 4. The van der Waals surface area contributed by atoms with E-state index in [-0.39, 0.29) is 0 Å². The zero-order valence-corrected chi connectivity index (χ0v) is 8.38. The van der Waals surface area contributed by atoms with Crippen molar-refractivity contribution in [3.63, 3.8) is 0 Å². The van der Waals surface area contributed by atoms with E-state index >= 15 is 0 Å². The van der Waals surface area contributed by atoms with Gasteiger partial charge >= 0.3 is 0 Å². The van der Waals surface area contributed by atoms with E-state index in [1.54, 1.807) is 6.20 Å². The van der Waals surface area contributed by atoms with Gasteiger partial charge in [-0.2, -0.15) is 10.2 Å². The van der Waals surface area contributed by atoms with Crippen LogP contribution in [0.1, 0.15) is 11.4 Å². The average Bonchev–Trinajstić information content (AvgIpc) is 2.28. The molecule has 0 saturated heterocycles. The fraction of sp³-hybridized carbons (Fsp3) is 0.200. The van der Waals surface area contributed by atoms with Crippen molar-refractivity contribution >= 4 is 5.82 Å². The average molecular weight is 201 g/mol. The van der Waals surface area contributed by atoms with E-state index in [0.29, 0.717) is 6.54 Å². The molecule has 5 nitrogen and oxygen atoms in total. The van der Waals surface area contributed by atoms with Crippen molar-refractivity contribution in [2.75, 3.05) is 5.32 Å². The number of hydrogen-bond acceptors (Lipinski definition) is 5. The number of aromatic nitrogens is 4. The van der Waals surface area contributed by atoms with Gasteiger partial charge in [0, 0.05) is 18.0 Å². The van der Waals surface area contributed by atoms with Crippen LogP contribution in [0.4, 0.5) is 5.82 Å². The second-order valence-electron chi connectivity index (χ2n) is 3.11. The molecule has 0 bridgehead atoms. The molecule has 0 spiro atoms. The lowest BCUT2D eigenvalue weighted by Gasteiger charge is -2.03. The van der Waals surface area contributed by atoms with Crippen LogP contribution in [0.25, 0.3) is 0 Å². The quantitative estimate of drug-likeness (QED) is 0.808. The van der Waals surface area contributed by atoms with Crippen molar-refractivity contribution in [3.05, 3.63) is 42.1 Å². The van der Waals surface area contributed by atoms with Crippen molar-refractivity contribution in [1.82, 2.24) is 20.2 Å². The summed E-state index contributed by atoms with van der Waals surface area (Å²) in [6, 6.07) is 5.65. The lowest BCUT2D eigenvalue weighted by Crippen LogP contribution is -2.04. The van der Waals surface area contributed by atoms with Gasteiger partial charge in [-0.25, -0.2) is 9.97 Å². The van der Waals surface area contributed by atoms with Gasteiger partial charge in [0.2, 0.25) is 0 Å². The molecule has 0 aliphatic carbocycles. The van der Waals surface area contributed by atoms with Crippen molar-refractivity contribution in [1.29, 1.82) is 0 Å². The topological polar surface area (TPSA) is 63.6 Å². The molecule has 15 heavy (non-hydrogen) atoms. The Labute approximate surface area is 87.6 Å². The third-order valence-corrected chi connectivity index (χ3v) is 1.88. The molecule has 2 rings (SSSR count). The summed E-state index contributed by atoms with van der Waals surface area (Å²) in [6.45, 7) is 2.54. The summed E-state index contributed by atoms with van der Waals surface area (Å²) < 4.78 is 0. The number of aryl methyl sites for hydroxylation is 1. The minimum absolute atomic E-state index is 0.615. The number of nitrogens with one attached hydrogen (secondary N) is 1. The second-order valence-corrected chi connectivity index (χ2v) is 3.11. The largest absolute Gasteiger partial charge is 0.364 e. The van der Waals surface area contributed by atoms with Crippen LogP contribution in [-0.4, -0.2) is 20.2 Å². The van der Waals surface area contributed by atoms with Crippen LogP contribution in [0.5, 0.6) is 0 Å². The van der Waals surface area contributed by atoms with Crippen LogP contribution in [0, 0.1) is 6.92 Å². The second kappa shape index (κ2) is 4.45. The maximum absolute atomic E-state index is 4.08. The van der Waals surface area contributed by atoms with Crippen LogP contribution in [0.3, 0.4) is 0 Å². The van der Waals surface area contributed by atoms with Gasteiger partial charge in [0.15, 0.2) is 0 Å². The highest BCUT2D eigenvalue weighted by Crippen LogP contribution is 2.04. The van der Waals surface area contributed by atoms with Crippen molar-refractivity contribution in [3.8, 4) is 0 Å². The van der Waals surface area contributed by atoms with E-state index in [1.807, 2.05) is 25.1 Å². The summed E-state index contributed by atoms with van der Waals surface area (Å²) in [7, 11) is 0. The molecule has 0 atom stereocenters. The van der Waals surface area contributed by atoms with E-state index in [2.05, 4.69) is 25.5 Å². The Kier molecular flexibility index (Phi) is 2.82. The summed E-state index contributed by atoms with van der Waals surface area (Å²) in [6.07, 6.45) is 3.19. The molecule has 0 saturated carbocycles. The minimum atomic E-state index is 0.615. The number of rotatable bonds is 3. The first-order valence-corrected chi connectivity index (χ1v) is 4.64. The fourth-order valence-corrected chi connectivity index (χ4v) is 1.16. The number of hydrogen-bond donors (Lipinski definition) is 1. The molecule has 2 aromatic rings. The van der Waals surface area contributed by atoms with Gasteiger partial charge in [0.05, 0.1) is 12.2 Å². The summed E-state index contributed by atoms with van der Waals surface area (Å²) >= 11 is 0. The van der Waals surface area contributed by atoms with E-state index < -0.39 is 0 Å². The Balaban J connectivity index is 1.99. The van der Waals surface area contributed by atoms with E-state index in [4.69, 9.17) is 0 Å². The normalized spacial score (nSPS) is 9.93. The molecular formula is C10H11N5. The molecule has 2 aromatic heterocycles. The Morgan fingerprint density at radius 2 is 2.27 bits per heavy atom. The highest BCUT2D eigenvalue weighted by Gasteiger charge is 1.96. The smallest absolute Gasteiger partial charge is 0.129 e. The van der Waals surface area contributed by atoms with E-state index in [9.17, 15) is 0 Å². The standard InChI is InChI=1S/C10H11N5/c1-8-5-10(13-7-12-8)11-6-9-3-2-4-14-15-9/h2-5,7H,6H2,1H3,(H,11,12,13). The van der Waals surface area contributed by atoms with Crippen LogP contribution in [-0.2, 0) is 6.54 Å². The van der Waals surface area contributed by atoms with Gasteiger partial charge in [-0.05, 0) is 19.1 Å². The van der Waals surface area contributed by atoms with Crippen LogP contribution < -0.4 is 5.32 Å². The molecule has 0 aliphatic rings. The van der Waals surface area contributed by atoms with Crippen LogP contribution >= 0.6 is 0 Å². The Bertz CT molecular complexity index is 429. The lowest BCUT2D eigenvalue weighted by molar-refractivity contribution is 0.918. The highest BCUT2D eigenvalue weighted by atomic mass is 15.1. The van der Waals surface area contributed by atoms with Crippen LogP contribution in [0.2, 0.25) is 0 Å². The van der Waals surface area contributed by atoms with Gasteiger partial charge in [-0.1, -0.05) is 0 Å². The predicted molar refractivity (Wildman–Crippen MR) is 56.1 cm³/mol. The summed E-state index contributed by atoms with van der Waals surface area (Å²) in [5.74, 6) is 0.799. The minimum Gasteiger partial charge on any atom is -0.364 e. The Hall–Kier alpha value is -2.04. The lowest BCUT2D eigenvalue weighted by atomic mass is 10.4. The summed E-state index contributed by atoms with van der Waals surface area (Å²) in [5, 5.41) is 10.9. The van der Waals surface area contributed by atoms with Crippen molar-refractivity contribution in [2.45, 2.75) is 13.5 Å². The molecular weight excluding hydrogens is 190 g/mol. The number of anilines is 1. The Morgan fingerprint density at radius 3 is 3.00 bits per heavy atom. The van der Waals surface area contributed by atoms with Crippen molar-refractivity contribution < 1.29 is 0 Å². The van der Waals surface area contributed by atoms with E-state index in [1.165, 1.54) is 6.33 Å². The maximum Gasteiger partial charge on any atom is 0.129 e. The molecule has 0 unspecified atom stereocenters. The monoisotopic (exact) mass is 201 g/mol. The third kappa shape index (κ3) is 2.70. The van der Waals surface area contributed by atoms with Gasteiger partial charge < -0.3 is 5.32 Å². The summed E-state index contributed by atoms with van der Waals surface area (Å²) in [4.78, 5) is 8.10. The molecule has 0 amide bonds. The van der Waals surface area contributed by atoms with Gasteiger partial charge in [0.1, 0.15) is 12.1 Å². The molecule has 0 fully saturated rings. The SMILES string of the molecule is Cc1cc(NCc2cccnn2)ncn1. The molecule has 0 aliphatic heterocycles. The predicted octanol–water partition coefficient (Wildman–Crippen LogP) is 1.19. The maximum atomic E-state index is 4.08. The van der Waals surface area contributed by atoms with Gasteiger partial charge in [0.25, 0.3) is 0 Å².